The predicted octanol–water partition coefficient (Wildman–Crippen LogP) is 2.76. The lowest BCUT2D eigenvalue weighted by Crippen LogP contribution is -2.49. The summed E-state index contributed by atoms with van der Waals surface area (Å²) in [6.07, 6.45) is 2.70. The van der Waals surface area contributed by atoms with E-state index in [-0.39, 0.29) is 6.54 Å². The van der Waals surface area contributed by atoms with Crippen molar-refractivity contribution >= 4 is 21.8 Å². The molecule has 0 unspecified atom stereocenters. The van der Waals surface area contributed by atoms with E-state index >= 15 is 0 Å². The zero-order valence-corrected chi connectivity index (χ0v) is 16.9. The molecule has 0 radical (unpaired) electrons. The van der Waals surface area contributed by atoms with Crippen molar-refractivity contribution in [2.45, 2.75) is 20.0 Å². The highest BCUT2D eigenvalue weighted by atomic mass is 35.5. The molecule has 1 aromatic heterocycles. The van der Waals surface area contributed by atoms with Crippen LogP contribution in [0.5, 0.6) is 0 Å². The summed E-state index contributed by atoms with van der Waals surface area (Å²) in [6, 6.07) is 7.33. The van der Waals surface area contributed by atoms with Crippen LogP contribution in [0, 0.1) is 0 Å². The van der Waals surface area contributed by atoms with Crippen LogP contribution < -0.4 is 0 Å². The van der Waals surface area contributed by atoms with Crippen LogP contribution in [0.25, 0.3) is 11.3 Å². The van der Waals surface area contributed by atoms with Crippen LogP contribution in [-0.4, -0.2) is 59.8 Å². The molecule has 1 fully saturated rings. The molecule has 3 rings (SSSR count). The standard InChI is InChI=1S/C18H23ClN4O3S/c1-3-22(4-2)27(24,25)23-10-11-26-16(13-23)18-17(20-8-9-21-18)14-6-5-7-15(19)12-14/h5-9,12,16H,3-4,10-11,13H2,1-2H3/t16-/m0/s1. The highest BCUT2D eigenvalue weighted by molar-refractivity contribution is 7.86. The van der Waals surface area contributed by atoms with Gasteiger partial charge in [-0.2, -0.15) is 17.0 Å². The van der Waals surface area contributed by atoms with Crippen LogP contribution in [0.15, 0.2) is 36.7 Å². The SMILES string of the molecule is CCN(CC)S(=O)(=O)N1CCO[C@H](c2nccnc2-c2cccc(Cl)c2)C1. The van der Waals surface area contributed by atoms with Gasteiger partial charge < -0.3 is 4.74 Å². The number of ether oxygens (including phenoxy) is 1. The first-order chi connectivity index (χ1) is 13.0. The molecule has 7 nitrogen and oxygen atoms in total. The molecule has 146 valence electrons. The van der Waals surface area contributed by atoms with Crippen molar-refractivity contribution in [1.29, 1.82) is 0 Å². The van der Waals surface area contributed by atoms with Gasteiger partial charge in [0, 0.05) is 49.2 Å². The Hall–Kier alpha value is -1.58. The molecule has 1 atom stereocenters. The fourth-order valence-corrected chi connectivity index (χ4v) is 4.95. The van der Waals surface area contributed by atoms with Crippen molar-refractivity contribution < 1.29 is 13.2 Å². The fourth-order valence-electron chi connectivity index (χ4n) is 3.16. The number of rotatable bonds is 6. The molecule has 0 spiro atoms. The van der Waals surface area contributed by atoms with Crippen LogP contribution in [0.3, 0.4) is 0 Å². The van der Waals surface area contributed by atoms with Gasteiger partial charge in [0.25, 0.3) is 10.2 Å². The minimum atomic E-state index is -3.53. The number of nitrogens with zero attached hydrogens (tertiary/aromatic N) is 4. The van der Waals surface area contributed by atoms with Crippen LogP contribution in [0.1, 0.15) is 25.6 Å². The summed E-state index contributed by atoms with van der Waals surface area (Å²) in [4.78, 5) is 8.88. The maximum Gasteiger partial charge on any atom is 0.282 e. The summed E-state index contributed by atoms with van der Waals surface area (Å²) in [5, 5.41) is 0.597. The van der Waals surface area contributed by atoms with Gasteiger partial charge in [-0.15, -0.1) is 0 Å². The molecule has 9 heteroatoms. The first-order valence-electron chi connectivity index (χ1n) is 8.91. The zero-order valence-electron chi connectivity index (χ0n) is 15.4. The Morgan fingerprint density at radius 2 is 2.00 bits per heavy atom. The molecular weight excluding hydrogens is 388 g/mol. The van der Waals surface area contributed by atoms with Gasteiger partial charge in [-0.1, -0.05) is 37.6 Å². The van der Waals surface area contributed by atoms with E-state index < -0.39 is 16.3 Å². The maximum absolute atomic E-state index is 12.9. The lowest BCUT2D eigenvalue weighted by molar-refractivity contribution is -0.00642. The predicted molar refractivity (Wildman–Crippen MR) is 105 cm³/mol. The Morgan fingerprint density at radius 3 is 2.70 bits per heavy atom. The fraction of sp³-hybridized carbons (Fsp3) is 0.444. The second kappa shape index (κ2) is 8.62. The third-order valence-corrected chi connectivity index (χ3v) is 6.91. The normalized spacial score (nSPS) is 18.7. The maximum atomic E-state index is 12.9. The minimum absolute atomic E-state index is 0.199. The number of aromatic nitrogens is 2. The van der Waals surface area contributed by atoms with Crippen LogP contribution in [0.4, 0.5) is 0 Å². The van der Waals surface area contributed by atoms with Gasteiger partial charge in [0.2, 0.25) is 0 Å². The Labute approximate surface area is 165 Å². The van der Waals surface area contributed by atoms with Crippen molar-refractivity contribution in [2.24, 2.45) is 0 Å². The van der Waals surface area contributed by atoms with Crippen molar-refractivity contribution in [3.8, 4) is 11.3 Å². The van der Waals surface area contributed by atoms with E-state index in [1.807, 2.05) is 32.0 Å². The topological polar surface area (TPSA) is 75.6 Å². The number of halogens is 1. The average molecular weight is 411 g/mol. The molecule has 0 aliphatic carbocycles. The van der Waals surface area contributed by atoms with Crippen molar-refractivity contribution in [2.75, 3.05) is 32.8 Å². The molecule has 27 heavy (non-hydrogen) atoms. The van der Waals surface area contributed by atoms with E-state index in [1.54, 1.807) is 18.5 Å². The molecule has 0 N–H and O–H groups in total. The molecule has 0 bridgehead atoms. The third kappa shape index (κ3) is 4.30. The minimum Gasteiger partial charge on any atom is -0.369 e. The summed E-state index contributed by atoms with van der Waals surface area (Å²) in [5.74, 6) is 0. The average Bonchev–Trinajstić information content (AvgIpc) is 2.69. The molecule has 0 amide bonds. The highest BCUT2D eigenvalue weighted by Crippen LogP contribution is 2.31. The van der Waals surface area contributed by atoms with Gasteiger partial charge in [0.1, 0.15) is 6.10 Å². The Kier molecular flexibility index (Phi) is 6.44. The first kappa shape index (κ1) is 20.2. The van der Waals surface area contributed by atoms with Gasteiger partial charge in [0.15, 0.2) is 0 Å². The van der Waals surface area contributed by atoms with Gasteiger partial charge in [-0.05, 0) is 12.1 Å². The number of benzene rings is 1. The van der Waals surface area contributed by atoms with Crippen molar-refractivity contribution in [1.82, 2.24) is 18.6 Å². The van der Waals surface area contributed by atoms with E-state index in [0.29, 0.717) is 42.7 Å². The van der Waals surface area contributed by atoms with E-state index in [4.69, 9.17) is 16.3 Å². The molecule has 1 aliphatic rings. The van der Waals surface area contributed by atoms with E-state index in [1.165, 1.54) is 8.61 Å². The number of morpholine rings is 1. The second-order valence-corrected chi connectivity index (χ2v) is 8.47. The summed E-state index contributed by atoms with van der Waals surface area (Å²) >= 11 is 6.11. The third-order valence-electron chi connectivity index (χ3n) is 4.52. The van der Waals surface area contributed by atoms with Crippen LogP contribution >= 0.6 is 11.6 Å². The summed E-state index contributed by atoms with van der Waals surface area (Å²) in [6.45, 7) is 5.35. The molecule has 1 saturated heterocycles. The molecular formula is C18H23ClN4O3S. The molecule has 2 aromatic rings. The molecule has 2 heterocycles. The number of hydrogen-bond donors (Lipinski definition) is 0. The zero-order chi connectivity index (χ0) is 19.4. The van der Waals surface area contributed by atoms with E-state index in [9.17, 15) is 8.42 Å². The van der Waals surface area contributed by atoms with E-state index in [2.05, 4.69) is 9.97 Å². The van der Waals surface area contributed by atoms with Crippen LogP contribution in [-0.2, 0) is 14.9 Å². The smallest absolute Gasteiger partial charge is 0.282 e. The molecule has 1 aromatic carbocycles. The molecule has 1 aliphatic heterocycles. The molecule has 0 saturated carbocycles. The van der Waals surface area contributed by atoms with Crippen LogP contribution in [0.2, 0.25) is 5.02 Å². The first-order valence-corrected chi connectivity index (χ1v) is 10.7. The largest absolute Gasteiger partial charge is 0.369 e. The Morgan fingerprint density at radius 1 is 1.26 bits per heavy atom. The van der Waals surface area contributed by atoms with Gasteiger partial charge in [-0.3, -0.25) is 9.97 Å². The summed E-state index contributed by atoms with van der Waals surface area (Å²) in [5.41, 5.74) is 2.07. The lowest BCUT2D eigenvalue weighted by atomic mass is 10.1. The monoisotopic (exact) mass is 410 g/mol. The van der Waals surface area contributed by atoms with Gasteiger partial charge in [-0.25, -0.2) is 0 Å². The summed E-state index contributed by atoms with van der Waals surface area (Å²) < 4.78 is 34.5. The summed E-state index contributed by atoms with van der Waals surface area (Å²) in [7, 11) is -3.53. The highest BCUT2D eigenvalue weighted by Gasteiger charge is 2.35. The van der Waals surface area contributed by atoms with Gasteiger partial charge >= 0.3 is 0 Å². The van der Waals surface area contributed by atoms with Crippen molar-refractivity contribution in [3.05, 3.63) is 47.4 Å². The quantitative estimate of drug-likeness (QED) is 0.731. The van der Waals surface area contributed by atoms with Crippen molar-refractivity contribution in [3.63, 3.8) is 0 Å². The lowest BCUT2D eigenvalue weighted by Gasteiger charge is -2.35. The van der Waals surface area contributed by atoms with Gasteiger partial charge in [0.05, 0.1) is 18.0 Å². The van der Waals surface area contributed by atoms with E-state index in [0.717, 1.165) is 5.56 Å². The Balaban J connectivity index is 1.92. The number of hydrogen-bond acceptors (Lipinski definition) is 5. The second-order valence-electron chi connectivity index (χ2n) is 6.11. The Bertz CT molecular complexity index is 890.